The van der Waals surface area contributed by atoms with E-state index in [4.69, 9.17) is 0 Å². The largest absolute Gasteiger partial charge is 0.382 e. The van der Waals surface area contributed by atoms with Crippen molar-refractivity contribution >= 4 is 17.3 Å². The number of ketones is 3. The molecule has 0 radical (unpaired) electrons. The summed E-state index contributed by atoms with van der Waals surface area (Å²) in [5, 5.41) is 10.6. The molecule has 0 amide bonds. The molecule has 0 aromatic carbocycles. The van der Waals surface area contributed by atoms with E-state index in [-0.39, 0.29) is 5.78 Å². The SMILES string of the molecule is CC1=C[C@]2(C)[C@@H]3C=C(C)[C@@H]([C@H]2C(=O)C1=O)[C@@](C)(O)C3=O. The molecule has 4 rings (SSSR count). The maximum atomic E-state index is 12.5. The third-order valence-electron chi connectivity index (χ3n) is 5.37. The van der Waals surface area contributed by atoms with Crippen molar-refractivity contribution in [3.8, 4) is 0 Å². The number of Topliss-reactive ketones (excluding diaryl/α,β-unsaturated/α-hetero) is 3. The molecule has 4 aliphatic rings. The van der Waals surface area contributed by atoms with Crippen LogP contribution in [0.4, 0.5) is 0 Å². The molecule has 1 N–H and O–H groups in total. The van der Waals surface area contributed by atoms with E-state index in [1.807, 2.05) is 19.9 Å². The Hall–Kier alpha value is -1.55. The average Bonchev–Trinajstić information content (AvgIpc) is 2.34. The second-order valence-corrected chi connectivity index (χ2v) is 6.74. The van der Waals surface area contributed by atoms with Gasteiger partial charge in [0.15, 0.2) is 5.78 Å². The fourth-order valence-electron chi connectivity index (χ4n) is 4.44. The van der Waals surface area contributed by atoms with Gasteiger partial charge in [0, 0.05) is 23.2 Å². The van der Waals surface area contributed by atoms with Gasteiger partial charge in [0.05, 0.1) is 0 Å². The Morgan fingerprint density at radius 1 is 1.10 bits per heavy atom. The van der Waals surface area contributed by atoms with Crippen molar-refractivity contribution < 1.29 is 19.5 Å². The molecule has 5 atom stereocenters. The zero-order valence-corrected chi connectivity index (χ0v) is 12.1. The van der Waals surface area contributed by atoms with Gasteiger partial charge in [0.2, 0.25) is 11.6 Å². The van der Waals surface area contributed by atoms with Gasteiger partial charge >= 0.3 is 0 Å². The fraction of sp³-hybridized carbons (Fsp3) is 0.562. The van der Waals surface area contributed by atoms with Crippen LogP contribution in [0.2, 0.25) is 0 Å². The molecule has 0 aromatic heterocycles. The van der Waals surface area contributed by atoms with E-state index in [1.54, 1.807) is 13.0 Å². The molecule has 2 bridgehead atoms. The first-order valence-corrected chi connectivity index (χ1v) is 6.85. The van der Waals surface area contributed by atoms with Crippen molar-refractivity contribution in [2.45, 2.75) is 33.3 Å². The molecule has 4 nitrogen and oxygen atoms in total. The summed E-state index contributed by atoms with van der Waals surface area (Å²) in [6, 6.07) is 0. The quantitative estimate of drug-likeness (QED) is 0.533. The highest BCUT2D eigenvalue weighted by molar-refractivity contribution is 6.45. The van der Waals surface area contributed by atoms with E-state index in [0.29, 0.717) is 5.57 Å². The van der Waals surface area contributed by atoms with Gasteiger partial charge in [-0.15, -0.1) is 0 Å². The van der Waals surface area contributed by atoms with Crippen molar-refractivity contribution in [2.75, 3.05) is 0 Å². The van der Waals surface area contributed by atoms with Crippen molar-refractivity contribution in [3.63, 3.8) is 0 Å². The Morgan fingerprint density at radius 3 is 2.30 bits per heavy atom. The summed E-state index contributed by atoms with van der Waals surface area (Å²) in [7, 11) is 0. The van der Waals surface area contributed by atoms with Crippen LogP contribution in [0.25, 0.3) is 0 Å². The maximum absolute atomic E-state index is 12.5. The summed E-state index contributed by atoms with van der Waals surface area (Å²) in [5.74, 6) is -3.00. The summed E-state index contributed by atoms with van der Waals surface area (Å²) in [6.45, 7) is 6.75. The minimum Gasteiger partial charge on any atom is -0.382 e. The highest BCUT2D eigenvalue weighted by atomic mass is 16.3. The van der Waals surface area contributed by atoms with Crippen LogP contribution in [0.5, 0.6) is 0 Å². The Morgan fingerprint density at radius 2 is 1.70 bits per heavy atom. The lowest BCUT2D eigenvalue weighted by atomic mass is 9.44. The van der Waals surface area contributed by atoms with Gasteiger partial charge < -0.3 is 5.11 Å². The van der Waals surface area contributed by atoms with Gasteiger partial charge in [-0.2, -0.15) is 0 Å². The van der Waals surface area contributed by atoms with E-state index in [2.05, 4.69) is 0 Å². The van der Waals surface area contributed by atoms with E-state index in [1.165, 1.54) is 6.92 Å². The summed E-state index contributed by atoms with van der Waals surface area (Å²) in [5.41, 5.74) is -1.03. The van der Waals surface area contributed by atoms with E-state index < -0.39 is 40.3 Å². The van der Waals surface area contributed by atoms with E-state index in [9.17, 15) is 19.5 Å². The molecule has 0 heterocycles. The van der Waals surface area contributed by atoms with Crippen LogP contribution in [0.1, 0.15) is 27.7 Å². The number of aliphatic hydroxyl groups is 1. The van der Waals surface area contributed by atoms with Crippen LogP contribution in [0.3, 0.4) is 0 Å². The number of carbonyl (C=O) groups is 3. The van der Waals surface area contributed by atoms with Crippen LogP contribution < -0.4 is 0 Å². The second kappa shape index (κ2) is 3.55. The number of fused-ring (bicyclic) bond motifs is 1. The van der Waals surface area contributed by atoms with Gasteiger partial charge in [-0.05, 0) is 26.3 Å². The van der Waals surface area contributed by atoms with Crippen LogP contribution in [0, 0.1) is 23.2 Å². The van der Waals surface area contributed by atoms with Crippen LogP contribution in [-0.4, -0.2) is 28.1 Å². The van der Waals surface area contributed by atoms with Crippen molar-refractivity contribution in [1.82, 2.24) is 0 Å². The predicted molar refractivity (Wildman–Crippen MR) is 71.7 cm³/mol. The minimum atomic E-state index is -1.57. The van der Waals surface area contributed by atoms with E-state index in [0.717, 1.165) is 5.57 Å². The van der Waals surface area contributed by atoms with Crippen LogP contribution >= 0.6 is 0 Å². The van der Waals surface area contributed by atoms with Crippen molar-refractivity contribution in [3.05, 3.63) is 23.3 Å². The molecule has 106 valence electrons. The lowest BCUT2D eigenvalue weighted by Crippen LogP contribution is -2.67. The Labute approximate surface area is 117 Å². The number of allylic oxidation sites excluding steroid dienone is 3. The summed E-state index contributed by atoms with van der Waals surface area (Å²) in [6.07, 6.45) is 3.61. The highest BCUT2D eigenvalue weighted by Crippen LogP contribution is 2.59. The molecule has 4 aliphatic carbocycles. The average molecular weight is 274 g/mol. The van der Waals surface area contributed by atoms with Crippen molar-refractivity contribution in [1.29, 1.82) is 0 Å². The third kappa shape index (κ3) is 1.28. The highest BCUT2D eigenvalue weighted by Gasteiger charge is 2.66. The Bertz CT molecular complexity index is 622. The molecule has 20 heavy (non-hydrogen) atoms. The van der Waals surface area contributed by atoms with Gasteiger partial charge in [0.1, 0.15) is 5.60 Å². The molecular formula is C16H18O4. The number of hydrogen-bond acceptors (Lipinski definition) is 4. The fourth-order valence-corrected chi connectivity index (χ4v) is 4.44. The smallest absolute Gasteiger partial charge is 0.224 e. The number of carbonyl (C=O) groups excluding carboxylic acids is 3. The van der Waals surface area contributed by atoms with Gasteiger partial charge in [0.25, 0.3) is 0 Å². The summed E-state index contributed by atoms with van der Waals surface area (Å²) < 4.78 is 0. The Kier molecular flexibility index (Phi) is 2.39. The maximum Gasteiger partial charge on any atom is 0.224 e. The normalized spacial score (nSPS) is 47.0. The molecule has 0 unspecified atom stereocenters. The topological polar surface area (TPSA) is 71.4 Å². The molecular weight excluding hydrogens is 256 g/mol. The molecule has 4 heteroatoms. The molecule has 1 fully saturated rings. The van der Waals surface area contributed by atoms with Gasteiger partial charge in [-0.1, -0.05) is 24.6 Å². The number of hydrogen-bond donors (Lipinski definition) is 1. The number of rotatable bonds is 0. The lowest BCUT2D eigenvalue weighted by Gasteiger charge is -2.58. The second-order valence-electron chi connectivity index (χ2n) is 6.74. The van der Waals surface area contributed by atoms with Crippen LogP contribution in [-0.2, 0) is 14.4 Å². The van der Waals surface area contributed by atoms with Gasteiger partial charge in [-0.25, -0.2) is 0 Å². The standard InChI is InChI=1S/C16H18O4/c1-7-5-9-14(19)16(4,20)10(7)11-13(18)12(17)8(2)6-15(9,11)3/h5-6,9-11,20H,1-4H3/t9-,10+,11+,15-,16-/m1/s1. The first-order valence-electron chi connectivity index (χ1n) is 6.85. The van der Waals surface area contributed by atoms with E-state index >= 15 is 0 Å². The third-order valence-corrected chi connectivity index (χ3v) is 5.37. The molecule has 0 spiro atoms. The zero-order chi connectivity index (χ0) is 15.0. The Balaban J connectivity index is 2.30. The monoisotopic (exact) mass is 274 g/mol. The van der Waals surface area contributed by atoms with Crippen molar-refractivity contribution in [2.24, 2.45) is 23.2 Å². The molecule has 0 saturated heterocycles. The summed E-state index contributed by atoms with van der Waals surface area (Å²) >= 11 is 0. The molecule has 0 aromatic rings. The first-order chi connectivity index (χ1) is 9.12. The summed E-state index contributed by atoms with van der Waals surface area (Å²) in [4.78, 5) is 36.9. The molecule has 1 saturated carbocycles. The molecule has 0 aliphatic heterocycles. The zero-order valence-electron chi connectivity index (χ0n) is 12.1. The lowest BCUT2D eigenvalue weighted by molar-refractivity contribution is -0.170. The minimum absolute atomic E-state index is 0.252. The van der Waals surface area contributed by atoms with Crippen LogP contribution in [0.15, 0.2) is 23.3 Å². The predicted octanol–water partition coefficient (Wildman–Crippen LogP) is 1.23. The first kappa shape index (κ1) is 13.4. The van der Waals surface area contributed by atoms with Gasteiger partial charge in [-0.3, -0.25) is 14.4 Å².